The lowest BCUT2D eigenvalue weighted by Crippen LogP contribution is -2.57. The number of rotatable bonds is 8. The van der Waals surface area contributed by atoms with Crippen LogP contribution in [0.2, 0.25) is 0 Å². The molecule has 1 aliphatic heterocycles. The largest absolute Gasteiger partial charge is 0.497 e. The van der Waals surface area contributed by atoms with Crippen LogP contribution in [0.1, 0.15) is 63.0 Å². The van der Waals surface area contributed by atoms with Crippen LogP contribution in [0, 0.1) is 11.8 Å². The molecule has 0 unspecified atom stereocenters. The Labute approximate surface area is 275 Å². The van der Waals surface area contributed by atoms with E-state index >= 15 is 0 Å². The molecule has 2 aromatic rings. The number of nitrogens with two attached hydrogens (primary N) is 1. The first-order chi connectivity index (χ1) is 21.3. The number of hydrogen-bond donors (Lipinski definition) is 5. The van der Waals surface area contributed by atoms with Crippen LogP contribution in [0.4, 0.5) is 0 Å². The van der Waals surface area contributed by atoms with Gasteiger partial charge in [0, 0.05) is 19.0 Å². The number of aromatic nitrogens is 1. The minimum Gasteiger partial charge on any atom is -0.497 e. The highest BCUT2D eigenvalue weighted by Gasteiger charge is 2.33. The molecule has 1 aromatic heterocycles. The standard InChI is InChI=1S/C31H45N7O7.ClH/c1-17(2)11-22-30(42)36-23(12-20-7-9-21(44-6)10-8-20)29(41)33-19(5)28(40)37-24(18(3)4)14-38(15-26(39)34-22)31(43)25-16-45-27(13-32)35-25;/h7-10,16-19,22-24H,11-15,32H2,1-6H3,(H,33,41)(H,34,39)(H,36,42)(H,37,40);1H/t19-,22+,23+,24-;/m1./s1. The molecule has 0 aliphatic carbocycles. The van der Waals surface area contributed by atoms with E-state index in [1.807, 2.05) is 27.7 Å². The van der Waals surface area contributed by atoms with Crippen molar-refractivity contribution in [3.63, 3.8) is 0 Å². The smallest absolute Gasteiger partial charge is 0.276 e. The molecule has 1 aliphatic rings. The maximum absolute atomic E-state index is 13.6. The monoisotopic (exact) mass is 663 g/mol. The van der Waals surface area contributed by atoms with Gasteiger partial charge in [-0.05, 0) is 42.9 Å². The van der Waals surface area contributed by atoms with Crippen molar-refractivity contribution in [3.8, 4) is 5.75 Å². The number of amides is 5. The van der Waals surface area contributed by atoms with Crippen molar-refractivity contribution in [1.82, 2.24) is 31.2 Å². The summed E-state index contributed by atoms with van der Waals surface area (Å²) in [7, 11) is 1.54. The van der Waals surface area contributed by atoms with Gasteiger partial charge in [-0.3, -0.25) is 24.0 Å². The number of nitrogens with one attached hydrogen (secondary N) is 4. The lowest BCUT2D eigenvalue weighted by atomic mass is 10.0. The van der Waals surface area contributed by atoms with E-state index in [4.69, 9.17) is 14.9 Å². The molecule has 1 fully saturated rings. The highest BCUT2D eigenvalue weighted by Crippen LogP contribution is 2.15. The number of carbonyl (C=O) groups excluding carboxylic acids is 5. The predicted molar refractivity (Wildman–Crippen MR) is 172 cm³/mol. The minimum atomic E-state index is -1.05. The average Bonchev–Trinajstić information content (AvgIpc) is 3.48. The third kappa shape index (κ3) is 10.7. The van der Waals surface area contributed by atoms with Gasteiger partial charge in [0.05, 0.1) is 20.2 Å². The van der Waals surface area contributed by atoms with Crippen molar-refractivity contribution in [3.05, 3.63) is 47.7 Å². The van der Waals surface area contributed by atoms with Gasteiger partial charge in [-0.15, -0.1) is 12.4 Å². The minimum absolute atomic E-state index is 0. The lowest BCUT2D eigenvalue weighted by molar-refractivity contribution is -0.133. The van der Waals surface area contributed by atoms with E-state index in [9.17, 15) is 24.0 Å². The van der Waals surface area contributed by atoms with E-state index in [-0.39, 0.29) is 61.8 Å². The van der Waals surface area contributed by atoms with E-state index in [0.717, 1.165) is 11.8 Å². The third-order valence-electron chi connectivity index (χ3n) is 7.46. The van der Waals surface area contributed by atoms with Crippen LogP contribution in [-0.4, -0.2) is 83.8 Å². The summed E-state index contributed by atoms with van der Waals surface area (Å²) in [6.07, 6.45) is 1.56. The summed E-state index contributed by atoms with van der Waals surface area (Å²) in [4.78, 5) is 72.7. The second-order valence-electron chi connectivity index (χ2n) is 12.0. The van der Waals surface area contributed by atoms with Gasteiger partial charge >= 0.3 is 0 Å². The summed E-state index contributed by atoms with van der Waals surface area (Å²) in [6, 6.07) is 3.42. The fourth-order valence-electron chi connectivity index (χ4n) is 4.83. The van der Waals surface area contributed by atoms with Crippen molar-refractivity contribution in [2.24, 2.45) is 17.6 Å². The van der Waals surface area contributed by atoms with E-state index in [1.165, 1.54) is 11.8 Å². The summed E-state index contributed by atoms with van der Waals surface area (Å²) >= 11 is 0. The van der Waals surface area contributed by atoms with Gasteiger partial charge < -0.3 is 41.1 Å². The molecule has 14 nitrogen and oxygen atoms in total. The summed E-state index contributed by atoms with van der Waals surface area (Å²) in [5, 5.41) is 11.1. The number of hydrogen-bond acceptors (Lipinski definition) is 9. The number of benzene rings is 1. The van der Waals surface area contributed by atoms with Crippen LogP contribution >= 0.6 is 12.4 Å². The molecule has 5 amide bonds. The highest BCUT2D eigenvalue weighted by atomic mass is 35.5. The summed E-state index contributed by atoms with van der Waals surface area (Å²) in [5.74, 6) is -2.21. The zero-order chi connectivity index (χ0) is 33.3. The van der Waals surface area contributed by atoms with E-state index in [0.29, 0.717) is 5.75 Å². The predicted octanol–water partition coefficient (Wildman–Crippen LogP) is 0.923. The second-order valence-corrected chi connectivity index (χ2v) is 12.0. The fraction of sp³-hybridized carbons (Fsp3) is 0.548. The van der Waals surface area contributed by atoms with Crippen LogP contribution in [0.5, 0.6) is 5.75 Å². The first-order valence-electron chi connectivity index (χ1n) is 15.1. The van der Waals surface area contributed by atoms with Crippen LogP contribution in [-0.2, 0) is 32.1 Å². The van der Waals surface area contributed by atoms with Crippen LogP contribution in [0.25, 0.3) is 0 Å². The molecule has 46 heavy (non-hydrogen) atoms. The molecule has 0 bridgehead atoms. The van der Waals surface area contributed by atoms with E-state index in [2.05, 4.69) is 26.3 Å². The first kappa shape index (κ1) is 38.0. The number of halogens is 1. The van der Waals surface area contributed by atoms with Crippen LogP contribution in [0.3, 0.4) is 0 Å². The Morgan fingerprint density at radius 2 is 1.65 bits per heavy atom. The number of methoxy groups -OCH3 is 1. The van der Waals surface area contributed by atoms with Gasteiger partial charge in [0.1, 0.15) is 30.1 Å². The SMILES string of the molecule is COc1ccc(C[C@@H]2NC(=O)[C@H](CC(C)C)NC(=O)CN(C(=O)c3coc(CN)n3)C[C@H](C(C)C)NC(=O)[C@@H](C)NC2=O)cc1.Cl. The number of ether oxygens (including phenoxy) is 1. The topological polar surface area (TPSA) is 198 Å². The molecule has 0 spiro atoms. The molecule has 3 rings (SSSR count). The van der Waals surface area contributed by atoms with Crippen molar-refractivity contribution in [1.29, 1.82) is 0 Å². The van der Waals surface area contributed by atoms with Crippen molar-refractivity contribution >= 4 is 41.9 Å². The molecule has 2 heterocycles. The first-order valence-corrected chi connectivity index (χ1v) is 15.1. The Bertz CT molecular complexity index is 1350. The quantitative estimate of drug-likeness (QED) is 0.273. The molecule has 15 heteroatoms. The maximum Gasteiger partial charge on any atom is 0.276 e. The lowest BCUT2D eigenvalue weighted by Gasteiger charge is -2.31. The van der Waals surface area contributed by atoms with Gasteiger partial charge in [0.15, 0.2) is 5.69 Å². The molecular weight excluding hydrogens is 618 g/mol. The fourth-order valence-corrected chi connectivity index (χ4v) is 4.83. The number of carbonyl (C=O) groups is 5. The van der Waals surface area contributed by atoms with Gasteiger partial charge in [-0.2, -0.15) is 0 Å². The summed E-state index contributed by atoms with van der Waals surface area (Å²) < 4.78 is 10.5. The van der Waals surface area contributed by atoms with E-state index < -0.39 is 60.2 Å². The molecule has 6 N–H and O–H groups in total. The third-order valence-corrected chi connectivity index (χ3v) is 7.46. The van der Waals surface area contributed by atoms with Gasteiger partial charge in [-0.1, -0.05) is 39.8 Å². The summed E-state index contributed by atoms with van der Waals surface area (Å²) in [6.45, 7) is 8.56. The number of oxazole rings is 1. The highest BCUT2D eigenvalue weighted by molar-refractivity contribution is 5.97. The van der Waals surface area contributed by atoms with Crippen molar-refractivity contribution in [2.75, 3.05) is 20.2 Å². The Kier molecular flexibility index (Phi) is 14.5. The molecular formula is C31H46ClN7O7. The molecule has 1 aromatic carbocycles. The summed E-state index contributed by atoms with van der Waals surface area (Å²) in [5.41, 5.74) is 6.28. The van der Waals surface area contributed by atoms with Crippen molar-refractivity contribution in [2.45, 2.75) is 78.2 Å². The van der Waals surface area contributed by atoms with E-state index in [1.54, 1.807) is 31.4 Å². The van der Waals surface area contributed by atoms with Crippen LogP contribution in [0.15, 0.2) is 34.9 Å². The Balaban J connectivity index is 0.00000736. The Morgan fingerprint density at radius 1 is 1.00 bits per heavy atom. The molecule has 0 saturated carbocycles. The molecule has 254 valence electrons. The van der Waals surface area contributed by atoms with Gasteiger partial charge in [0.2, 0.25) is 29.5 Å². The maximum atomic E-state index is 13.6. The zero-order valence-corrected chi connectivity index (χ0v) is 27.9. The molecule has 4 atom stereocenters. The Morgan fingerprint density at radius 3 is 2.22 bits per heavy atom. The van der Waals surface area contributed by atoms with Crippen molar-refractivity contribution < 1.29 is 33.1 Å². The van der Waals surface area contributed by atoms with Gasteiger partial charge in [0.25, 0.3) is 5.91 Å². The second kappa shape index (κ2) is 17.5. The van der Waals surface area contributed by atoms with Gasteiger partial charge in [-0.25, -0.2) is 4.98 Å². The zero-order valence-electron chi connectivity index (χ0n) is 27.1. The molecule has 0 radical (unpaired) electrons. The normalized spacial score (nSPS) is 21.7. The van der Waals surface area contributed by atoms with Crippen LogP contribution < -0.4 is 31.7 Å². The number of nitrogens with zero attached hydrogens (tertiary/aromatic N) is 2. The molecule has 1 saturated heterocycles. The Hall–Kier alpha value is -4.17. The average molecular weight is 664 g/mol.